The van der Waals surface area contributed by atoms with Gasteiger partial charge < -0.3 is 9.47 Å². The van der Waals surface area contributed by atoms with Gasteiger partial charge in [0.1, 0.15) is 0 Å². The number of hydrogen-bond donors (Lipinski definition) is 0. The van der Waals surface area contributed by atoms with Crippen LogP contribution in [0.1, 0.15) is 31.2 Å². The Morgan fingerprint density at radius 2 is 2.20 bits per heavy atom. The molecule has 1 fully saturated rings. The van der Waals surface area contributed by atoms with E-state index in [9.17, 15) is 0 Å². The zero-order chi connectivity index (χ0) is 13.9. The van der Waals surface area contributed by atoms with Crippen LogP contribution in [0.15, 0.2) is 30.5 Å². The molecule has 2 aromatic rings. The van der Waals surface area contributed by atoms with E-state index >= 15 is 0 Å². The summed E-state index contributed by atoms with van der Waals surface area (Å²) in [5, 5.41) is 10.2. The molecular formula is C17H21N3. The van der Waals surface area contributed by atoms with Crippen LogP contribution in [0.2, 0.25) is 0 Å². The number of nitrogens with zero attached hydrogens (tertiary/aromatic N) is 3. The Balaban J connectivity index is 1.76. The quantitative estimate of drug-likeness (QED) is 0.853. The summed E-state index contributed by atoms with van der Waals surface area (Å²) in [4.78, 5) is 2.50. The molecule has 0 bridgehead atoms. The number of hydrogen-bond acceptors (Lipinski definition) is 2. The van der Waals surface area contributed by atoms with Crippen LogP contribution in [-0.4, -0.2) is 29.1 Å². The van der Waals surface area contributed by atoms with E-state index < -0.39 is 0 Å². The zero-order valence-electron chi connectivity index (χ0n) is 12.0. The van der Waals surface area contributed by atoms with Crippen molar-refractivity contribution >= 4 is 10.9 Å². The summed E-state index contributed by atoms with van der Waals surface area (Å²) in [6, 6.07) is 11.0. The Labute approximate surface area is 120 Å². The lowest BCUT2D eigenvalue weighted by atomic mass is 10.0. The first-order valence-electron chi connectivity index (χ1n) is 7.48. The predicted octanol–water partition coefficient (Wildman–Crippen LogP) is 3.39. The summed E-state index contributed by atoms with van der Waals surface area (Å²) >= 11 is 0. The van der Waals surface area contributed by atoms with Gasteiger partial charge in [-0.25, -0.2) is 0 Å². The Morgan fingerprint density at radius 1 is 1.30 bits per heavy atom. The lowest BCUT2D eigenvalue weighted by Crippen LogP contribution is -2.36. The van der Waals surface area contributed by atoms with Crippen LogP contribution >= 0.6 is 0 Å². The molecule has 0 aliphatic carbocycles. The Hall–Kier alpha value is -1.79. The van der Waals surface area contributed by atoms with Gasteiger partial charge in [-0.3, -0.25) is 0 Å². The average molecular weight is 267 g/mol. The number of aromatic nitrogens is 1. The average Bonchev–Trinajstić information content (AvgIpc) is 2.89. The van der Waals surface area contributed by atoms with Crippen molar-refractivity contribution < 1.29 is 0 Å². The normalized spacial score (nSPS) is 20.1. The van der Waals surface area contributed by atoms with Gasteiger partial charge in [0, 0.05) is 29.7 Å². The monoisotopic (exact) mass is 267 g/mol. The number of aryl methyl sites for hydroxylation is 1. The third-order valence-electron chi connectivity index (χ3n) is 4.56. The molecule has 0 amide bonds. The highest BCUT2D eigenvalue weighted by Gasteiger charge is 2.18. The molecule has 1 saturated heterocycles. The molecule has 1 aliphatic rings. The van der Waals surface area contributed by atoms with Crippen molar-refractivity contribution in [3.05, 3.63) is 36.0 Å². The standard InChI is InChI=1S/C17H21N3/c1-19-10-3-2-6-15(19)8-11-20-12-9-16-14(13-18)5-4-7-17(16)20/h4-5,7,9,12,15H,2-3,6,8,10-11H2,1H3. The van der Waals surface area contributed by atoms with Gasteiger partial charge in [0.25, 0.3) is 0 Å². The van der Waals surface area contributed by atoms with Crippen LogP contribution in [-0.2, 0) is 6.54 Å². The van der Waals surface area contributed by atoms with E-state index in [1.165, 1.54) is 37.7 Å². The summed E-state index contributed by atoms with van der Waals surface area (Å²) in [5.74, 6) is 0. The Bertz CT molecular complexity index is 635. The van der Waals surface area contributed by atoms with Crippen molar-refractivity contribution in [2.24, 2.45) is 0 Å². The SMILES string of the molecule is CN1CCCCC1CCn1ccc2c(C#N)cccc21. The molecule has 20 heavy (non-hydrogen) atoms. The lowest BCUT2D eigenvalue weighted by Gasteiger charge is -2.32. The minimum Gasteiger partial charge on any atom is -0.347 e. The number of nitriles is 1. The van der Waals surface area contributed by atoms with Crippen molar-refractivity contribution in [3.8, 4) is 6.07 Å². The maximum atomic E-state index is 9.15. The van der Waals surface area contributed by atoms with Crippen LogP contribution in [0.3, 0.4) is 0 Å². The minimum absolute atomic E-state index is 0.709. The second-order valence-corrected chi connectivity index (χ2v) is 5.78. The number of likely N-dealkylation sites (tertiary alicyclic amines) is 1. The molecule has 1 unspecified atom stereocenters. The third kappa shape index (κ3) is 2.44. The van der Waals surface area contributed by atoms with Crippen LogP contribution in [0.5, 0.6) is 0 Å². The largest absolute Gasteiger partial charge is 0.347 e. The van der Waals surface area contributed by atoms with E-state index in [0.29, 0.717) is 6.04 Å². The molecule has 1 atom stereocenters. The van der Waals surface area contributed by atoms with Crippen molar-refractivity contribution in [1.29, 1.82) is 5.26 Å². The highest BCUT2D eigenvalue weighted by molar-refractivity contribution is 5.85. The topological polar surface area (TPSA) is 32.0 Å². The van der Waals surface area contributed by atoms with Crippen molar-refractivity contribution in [2.45, 2.75) is 38.3 Å². The molecule has 0 saturated carbocycles. The molecule has 0 radical (unpaired) electrons. The van der Waals surface area contributed by atoms with Gasteiger partial charge in [0.15, 0.2) is 0 Å². The van der Waals surface area contributed by atoms with E-state index in [4.69, 9.17) is 5.26 Å². The molecule has 2 heterocycles. The number of fused-ring (bicyclic) bond motifs is 1. The minimum atomic E-state index is 0.709. The van der Waals surface area contributed by atoms with Crippen molar-refractivity contribution in [1.82, 2.24) is 9.47 Å². The fourth-order valence-corrected chi connectivity index (χ4v) is 3.31. The van der Waals surface area contributed by atoms with Gasteiger partial charge in [-0.2, -0.15) is 5.26 Å². The van der Waals surface area contributed by atoms with Gasteiger partial charge in [-0.15, -0.1) is 0 Å². The van der Waals surface area contributed by atoms with E-state index in [0.717, 1.165) is 17.5 Å². The van der Waals surface area contributed by atoms with Crippen molar-refractivity contribution in [3.63, 3.8) is 0 Å². The highest BCUT2D eigenvalue weighted by atomic mass is 15.1. The van der Waals surface area contributed by atoms with E-state index in [1.54, 1.807) is 0 Å². The maximum Gasteiger partial charge on any atom is 0.0998 e. The lowest BCUT2D eigenvalue weighted by molar-refractivity contribution is 0.171. The van der Waals surface area contributed by atoms with E-state index in [-0.39, 0.29) is 0 Å². The number of rotatable bonds is 3. The molecule has 1 aromatic carbocycles. The molecule has 3 heteroatoms. The summed E-state index contributed by atoms with van der Waals surface area (Å²) < 4.78 is 2.29. The molecule has 104 valence electrons. The first-order valence-corrected chi connectivity index (χ1v) is 7.48. The van der Waals surface area contributed by atoms with E-state index in [2.05, 4.69) is 40.9 Å². The predicted molar refractivity (Wildman–Crippen MR) is 81.5 cm³/mol. The van der Waals surface area contributed by atoms with Crippen LogP contribution in [0.4, 0.5) is 0 Å². The second kappa shape index (κ2) is 5.68. The molecule has 0 N–H and O–H groups in total. The molecular weight excluding hydrogens is 246 g/mol. The van der Waals surface area contributed by atoms with Gasteiger partial charge >= 0.3 is 0 Å². The number of benzene rings is 1. The number of piperidine rings is 1. The smallest absolute Gasteiger partial charge is 0.0998 e. The Kier molecular flexibility index (Phi) is 3.75. The Morgan fingerprint density at radius 3 is 3.00 bits per heavy atom. The second-order valence-electron chi connectivity index (χ2n) is 5.78. The first-order chi connectivity index (χ1) is 9.79. The van der Waals surface area contributed by atoms with Gasteiger partial charge in [0.2, 0.25) is 0 Å². The molecule has 3 rings (SSSR count). The van der Waals surface area contributed by atoms with E-state index in [1.807, 2.05) is 12.1 Å². The van der Waals surface area contributed by atoms with Gasteiger partial charge in [-0.05, 0) is 51.1 Å². The van der Waals surface area contributed by atoms with Gasteiger partial charge in [-0.1, -0.05) is 12.5 Å². The molecule has 3 nitrogen and oxygen atoms in total. The van der Waals surface area contributed by atoms with Crippen LogP contribution < -0.4 is 0 Å². The third-order valence-corrected chi connectivity index (χ3v) is 4.56. The zero-order valence-corrected chi connectivity index (χ0v) is 12.0. The highest BCUT2D eigenvalue weighted by Crippen LogP contribution is 2.22. The van der Waals surface area contributed by atoms with Crippen LogP contribution in [0.25, 0.3) is 10.9 Å². The van der Waals surface area contributed by atoms with Crippen molar-refractivity contribution in [2.75, 3.05) is 13.6 Å². The summed E-state index contributed by atoms with van der Waals surface area (Å²) in [6.45, 7) is 2.27. The first kappa shape index (κ1) is 13.2. The fraction of sp³-hybridized carbons (Fsp3) is 0.471. The molecule has 1 aliphatic heterocycles. The summed E-state index contributed by atoms with van der Waals surface area (Å²) in [6.07, 6.45) is 7.33. The molecule has 1 aromatic heterocycles. The molecule has 0 spiro atoms. The summed E-state index contributed by atoms with van der Waals surface area (Å²) in [5.41, 5.74) is 1.96. The summed E-state index contributed by atoms with van der Waals surface area (Å²) in [7, 11) is 2.24. The van der Waals surface area contributed by atoms with Gasteiger partial charge in [0.05, 0.1) is 11.6 Å². The van der Waals surface area contributed by atoms with Crippen LogP contribution in [0, 0.1) is 11.3 Å². The fourth-order valence-electron chi connectivity index (χ4n) is 3.31. The maximum absolute atomic E-state index is 9.15.